The van der Waals surface area contributed by atoms with Crippen LogP contribution < -0.4 is 0 Å². The highest BCUT2D eigenvalue weighted by molar-refractivity contribution is 9.10. The number of hydrogen-bond donors (Lipinski definition) is 0. The number of halogens is 2. The molecule has 0 aliphatic carbocycles. The first kappa shape index (κ1) is 25.9. The molecule has 4 aliphatic heterocycles. The number of carbonyl (C=O) groups excluding carboxylic acids is 2. The Morgan fingerprint density at radius 3 is 1.36 bits per heavy atom. The van der Waals surface area contributed by atoms with Gasteiger partial charge < -0.3 is 9.80 Å². The summed E-state index contributed by atoms with van der Waals surface area (Å²) in [6, 6.07) is 28.3. The molecule has 8 rings (SSSR count). The Hall–Kier alpha value is -3.74. The summed E-state index contributed by atoms with van der Waals surface area (Å²) in [5.74, 6) is -0.957. The van der Waals surface area contributed by atoms with Crippen molar-refractivity contribution in [2.45, 2.75) is 25.9 Å². The predicted molar refractivity (Wildman–Crippen MR) is 171 cm³/mol. The van der Waals surface area contributed by atoms with Gasteiger partial charge in [-0.1, -0.05) is 92.5 Å². The molecule has 0 spiro atoms. The van der Waals surface area contributed by atoms with Crippen LogP contribution in [0, 0.1) is 25.7 Å². The lowest BCUT2D eigenvalue weighted by molar-refractivity contribution is -0.132. The molecule has 0 aromatic heterocycles. The zero-order chi connectivity index (χ0) is 28.9. The van der Waals surface area contributed by atoms with Crippen molar-refractivity contribution >= 4 is 54.8 Å². The van der Waals surface area contributed by atoms with Crippen molar-refractivity contribution in [3.05, 3.63) is 151 Å². The molecule has 2 amide bonds. The van der Waals surface area contributed by atoms with Gasteiger partial charge in [0.2, 0.25) is 11.8 Å². The van der Waals surface area contributed by atoms with Gasteiger partial charge in [-0.15, -0.1) is 0 Å². The van der Waals surface area contributed by atoms with Crippen LogP contribution in [0.4, 0.5) is 0 Å². The largest absolute Gasteiger partial charge is 0.310 e. The van der Waals surface area contributed by atoms with E-state index in [0.29, 0.717) is 0 Å². The molecule has 0 radical (unpaired) electrons. The summed E-state index contributed by atoms with van der Waals surface area (Å²) in [7, 11) is 0. The van der Waals surface area contributed by atoms with E-state index in [9.17, 15) is 9.59 Å². The molecule has 4 unspecified atom stereocenters. The molecule has 4 aromatic rings. The molecule has 0 bridgehead atoms. The number of carbonyl (C=O) groups is 2. The highest BCUT2D eigenvalue weighted by Gasteiger charge is 2.64. The maximum Gasteiger partial charge on any atom is 0.233 e. The van der Waals surface area contributed by atoms with E-state index < -0.39 is 11.8 Å². The number of amides is 2. The standard InChI is InChI=1S/C36H26Br2N2O2/c1-19-7-3-5-9-23(19)29-17-39-33(25-13-11-21(37)15-27(25)29)31-32(35(39)41)34-26-14-12-22(38)16-28(26)30(18-40(34)36(31)42)24-10-6-4-8-20(24)2/h3-18,31-34H,1-2H3. The molecule has 6 heteroatoms. The predicted octanol–water partition coefficient (Wildman–Crippen LogP) is 8.33. The van der Waals surface area contributed by atoms with Crippen LogP contribution >= 0.6 is 31.9 Å². The average molecular weight is 678 g/mol. The molecule has 0 saturated carbocycles. The summed E-state index contributed by atoms with van der Waals surface area (Å²) in [6.07, 6.45) is 4.00. The van der Waals surface area contributed by atoms with Crippen molar-refractivity contribution in [2.24, 2.45) is 11.8 Å². The summed E-state index contributed by atoms with van der Waals surface area (Å²) >= 11 is 7.35. The van der Waals surface area contributed by atoms with Crippen LogP contribution in [0.3, 0.4) is 0 Å². The van der Waals surface area contributed by atoms with E-state index >= 15 is 0 Å². The molecule has 42 heavy (non-hydrogen) atoms. The smallest absolute Gasteiger partial charge is 0.233 e. The van der Waals surface area contributed by atoms with Gasteiger partial charge in [0.1, 0.15) is 0 Å². The minimum atomic E-state index is -0.485. The summed E-state index contributed by atoms with van der Waals surface area (Å²) < 4.78 is 1.94. The van der Waals surface area contributed by atoms with E-state index in [2.05, 4.69) is 94.2 Å². The second-order valence-corrected chi connectivity index (χ2v) is 13.4. The fraction of sp³-hybridized carbons (Fsp3) is 0.167. The van der Waals surface area contributed by atoms with Gasteiger partial charge in [0.05, 0.1) is 23.9 Å². The van der Waals surface area contributed by atoms with Gasteiger partial charge in [-0.05, 0) is 82.6 Å². The van der Waals surface area contributed by atoms with Gasteiger partial charge in [-0.2, -0.15) is 0 Å². The molecule has 4 aromatic carbocycles. The van der Waals surface area contributed by atoms with Gasteiger partial charge in [0.25, 0.3) is 0 Å². The Morgan fingerprint density at radius 1 is 0.548 bits per heavy atom. The second-order valence-electron chi connectivity index (χ2n) is 11.6. The maximum absolute atomic E-state index is 14.5. The van der Waals surface area contributed by atoms with Crippen LogP contribution in [0.2, 0.25) is 0 Å². The Balaban J connectivity index is 1.32. The summed E-state index contributed by atoms with van der Waals surface area (Å²) in [5, 5.41) is 0. The third kappa shape index (κ3) is 3.58. The maximum atomic E-state index is 14.5. The number of rotatable bonds is 2. The quantitative estimate of drug-likeness (QED) is 0.214. The molecule has 0 N–H and O–H groups in total. The van der Waals surface area contributed by atoms with Crippen molar-refractivity contribution < 1.29 is 9.59 Å². The van der Waals surface area contributed by atoms with Crippen LogP contribution in [-0.2, 0) is 9.59 Å². The topological polar surface area (TPSA) is 40.6 Å². The summed E-state index contributed by atoms with van der Waals surface area (Å²) in [4.78, 5) is 32.7. The minimum absolute atomic E-state index is 0.00659. The molecular weight excluding hydrogens is 652 g/mol. The zero-order valence-electron chi connectivity index (χ0n) is 23.0. The lowest BCUT2D eigenvalue weighted by atomic mass is 9.78. The number of aryl methyl sites for hydroxylation is 2. The lowest BCUT2D eigenvalue weighted by Gasteiger charge is -2.36. The molecule has 2 fully saturated rings. The Kier molecular flexibility index (Phi) is 5.79. The highest BCUT2D eigenvalue weighted by Crippen LogP contribution is 2.59. The SMILES string of the molecule is Cc1ccccc1C1=CN2C(=O)C3C(C(=O)N4C=C(c5ccccc5C)c5cc(Br)ccc5C34)C2c2ccc(Br)cc21. The van der Waals surface area contributed by atoms with Crippen molar-refractivity contribution in [3.63, 3.8) is 0 Å². The third-order valence-electron chi connectivity index (χ3n) is 9.40. The van der Waals surface area contributed by atoms with Crippen LogP contribution in [0.1, 0.15) is 56.6 Å². The normalized spacial score (nSPS) is 23.5. The van der Waals surface area contributed by atoms with E-state index in [1.54, 1.807) is 0 Å². The molecule has 2 saturated heterocycles. The molecule has 4 aliphatic rings. The monoisotopic (exact) mass is 676 g/mol. The molecule has 4 heterocycles. The third-order valence-corrected chi connectivity index (χ3v) is 10.4. The lowest BCUT2D eigenvalue weighted by Crippen LogP contribution is -2.37. The van der Waals surface area contributed by atoms with Crippen molar-refractivity contribution in [1.82, 2.24) is 9.80 Å². The van der Waals surface area contributed by atoms with Gasteiger partial charge >= 0.3 is 0 Å². The van der Waals surface area contributed by atoms with E-state index in [0.717, 1.165) is 64.6 Å². The van der Waals surface area contributed by atoms with Crippen molar-refractivity contribution in [1.29, 1.82) is 0 Å². The highest BCUT2D eigenvalue weighted by atomic mass is 79.9. The van der Waals surface area contributed by atoms with Gasteiger partial charge in [-0.3, -0.25) is 9.59 Å². The number of fused-ring (bicyclic) bond motifs is 9. The number of nitrogens with zero attached hydrogens (tertiary/aromatic N) is 2. The Bertz CT molecular complexity index is 1790. The van der Waals surface area contributed by atoms with E-state index in [1.807, 2.05) is 58.6 Å². The first-order valence-corrected chi connectivity index (χ1v) is 15.7. The average Bonchev–Trinajstić information content (AvgIpc) is 3.44. The molecule has 4 nitrogen and oxygen atoms in total. The van der Waals surface area contributed by atoms with E-state index in [1.165, 1.54) is 0 Å². The van der Waals surface area contributed by atoms with Crippen LogP contribution in [0.15, 0.2) is 106 Å². The fourth-order valence-electron chi connectivity index (χ4n) is 7.55. The van der Waals surface area contributed by atoms with Crippen LogP contribution in [-0.4, -0.2) is 21.6 Å². The number of benzene rings is 4. The Labute approximate surface area is 261 Å². The first-order valence-electron chi connectivity index (χ1n) is 14.1. The fourth-order valence-corrected chi connectivity index (χ4v) is 8.27. The van der Waals surface area contributed by atoms with Crippen molar-refractivity contribution in [3.8, 4) is 0 Å². The second kappa shape index (κ2) is 9.38. The number of hydrogen-bond acceptors (Lipinski definition) is 2. The van der Waals surface area contributed by atoms with Gasteiger partial charge in [0, 0.05) is 32.5 Å². The summed E-state index contributed by atoms with van der Waals surface area (Å²) in [5.41, 5.74) is 10.6. The molecule has 4 atom stereocenters. The van der Waals surface area contributed by atoms with E-state index in [-0.39, 0.29) is 23.9 Å². The Morgan fingerprint density at radius 2 is 0.952 bits per heavy atom. The van der Waals surface area contributed by atoms with Crippen LogP contribution in [0.25, 0.3) is 11.1 Å². The van der Waals surface area contributed by atoms with Gasteiger partial charge in [0.15, 0.2) is 0 Å². The summed E-state index contributed by atoms with van der Waals surface area (Å²) in [6.45, 7) is 4.19. The zero-order valence-corrected chi connectivity index (χ0v) is 26.2. The first-order chi connectivity index (χ1) is 20.3. The van der Waals surface area contributed by atoms with Gasteiger partial charge in [-0.25, -0.2) is 0 Å². The molecular formula is C36H26Br2N2O2. The van der Waals surface area contributed by atoms with Crippen LogP contribution in [0.5, 0.6) is 0 Å². The van der Waals surface area contributed by atoms with Crippen molar-refractivity contribution in [2.75, 3.05) is 0 Å². The van der Waals surface area contributed by atoms with E-state index in [4.69, 9.17) is 0 Å². The molecule has 206 valence electrons. The minimum Gasteiger partial charge on any atom is -0.310 e.